The lowest BCUT2D eigenvalue weighted by atomic mass is 9.96. The summed E-state index contributed by atoms with van der Waals surface area (Å²) in [6, 6.07) is 4.97. The van der Waals surface area contributed by atoms with Crippen LogP contribution in [-0.4, -0.2) is 29.7 Å². The number of nitrogens with one attached hydrogen (secondary N) is 1. The van der Waals surface area contributed by atoms with E-state index in [1.165, 1.54) is 0 Å². The second kappa shape index (κ2) is 5.30. The highest BCUT2D eigenvalue weighted by Gasteiger charge is 2.25. The van der Waals surface area contributed by atoms with E-state index in [0.717, 1.165) is 12.0 Å². The molecule has 0 atom stereocenters. The predicted molar refractivity (Wildman–Crippen MR) is 72.7 cm³/mol. The number of carboxylic acid groups (broad SMARTS) is 1. The molecule has 0 saturated carbocycles. The SMILES string of the molecule is CC(C)NC(=O)N1CCCc2c(C(=O)O)cccc21. The molecule has 5 nitrogen and oxygen atoms in total. The molecule has 0 radical (unpaired) electrons. The van der Waals surface area contributed by atoms with E-state index in [-0.39, 0.29) is 12.1 Å². The van der Waals surface area contributed by atoms with E-state index in [0.29, 0.717) is 24.2 Å². The Labute approximate surface area is 112 Å². The van der Waals surface area contributed by atoms with Gasteiger partial charge in [-0.1, -0.05) is 6.07 Å². The van der Waals surface area contributed by atoms with Crippen molar-refractivity contribution in [2.45, 2.75) is 32.7 Å². The molecule has 0 fully saturated rings. The summed E-state index contributed by atoms with van der Waals surface area (Å²) in [6.07, 6.45) is 1.48. The summed E-state index contributed by atoms with van der Waals surface area (Å²) in [5.41, 5.74) is 1.75. The van der Waals surface area contributed by atoms with E-state index in [2.05, 4.69) is 5.32 Å². The first-order valence-corrected chi connectivity index (χ1v) is 6.44. The molecule has 2 rings (SSSR count). The number of carbonyl (C=O) groups excluding carboxylic acids is 1. The molecule has 102 valence electrons. The van der Waals surface area contributed by atoms with Gasteiger partial charge in [0.1, 0.15) is 0 Å². The fourth-order valence-electron chi connectivity index (χ4n) is 2.36. The Morgan fingerprint density at radius 2 is 2.11 bits per heavy atom. The van der Waals surface area contributed by atoms with Crippen molar-refractivity contribution >= 4 is 17.7 Å². The molecule has 1 aromatic rings. The minimum absolute atomic E-state index is 0.0560. The zero-order valence-corrected chi connectivity index (χ0v) is 11.1. The van der Waals surface area contributed by atoms with Gasteiger partial charge in [0.05, 0.1) is 5.56 Å². The number of nitrogens with zero attached hydrogens (tertiary/aromatic N) is 1. The van der Waals surface area contributed by atoms with Gasteiger partial charge in [0.2, 0.25) is 0 Å². The molecule has 19 heavy (non-hydrogen) atoms. The van der Waals surface area contributed by atoms with Crippen LogP contribution in [0.15, 0.2) is 18.2 Å². The van der Waals surface area contributed by atoms with Gasteiger partial charge in [-0.25, -0.2) is 9.59 Å². The second-order valence-electron chi connectivity index (χ2n) is 4.97. The van der Waals surface area contributed by atoms with Crippen LogP contribution in [0.5, 0.6) is 0 Å². The zero-order valence-electron chi connectivity index (χ0n) is 11.1. The average molecular weight is 262 g/mol. The van der Waals surface area contributed by atoms with Crippen LogP contribution in [0, 0.1) is 0 Å². The zero-order chi connectivity index (χ0) is 14.0. The fourth-order valence-corrected chi connectivity index (χ4v) is 2.36. The standard InChI is InChI=1S/C14H18N2O3/c1-9(2)15-14(19)16-8-4-6-10-11(13(17)18)5-3-7-12(10)16/h3,5,7,9H,4,6,8H2,1-2H3,(H,15,19)(H,17,18). The number of rotatable bonds is 2. The molecule has 0 unspecified atom stereocenters. The van der Waals surface area contributed by atoms with E-state index in [4.69, 9.17) is 0 Å². The fraction of sp³-hybridized carbons (Fsp3) is 0.429. The molecule has 1 aliphatic rings. The summed E-state index contributed by atoms with van der Waals surface area (Å²) in [7, 11) is 0. The van der Waals surface area contributed by atoms with Crippen LogP contribution in [0.3, 0.4) is 0 Å². The van der Waals surface area contributed by atoms with Crippen LogP contribution in [0.1, 0.15) is 36.2 Å². The Hall–Kier alpha value is -2.04. The second-order valence-corrected chi connectivity index (χ2v) is 4.97. The van der Waals surface area contributed by atoms with Gasteiger partial charge in [-0.15, -0.1) is 0 Å². The number of urea groups is 1. The van der Waals surface area contributed by atoms with Crippen molar-refractivity contribution in [3.63, 3.8) is 0 Å². The van der Waals surface area contributed by atoms with Crippen LogP contribution in [0.25, 0.3) is 0 Å². The van der Waals surface area contributed by atoms with Crippen molar-refractivity contribution in [2.75, 3.05) is 11.4 Å². The smallest absolute Gasteiger partial charge is 0.336 e. The minimum atomic E-state index is -0.942. The van der Waals surface area contributed by atoms with Crippen molar-refractivity contribution in [2.24, 2.45) is 0 Å². The van der Waals surface area contributed by atoms with Crippen molar-refractivity contribution in [3.05, 3.63) is 29.3 Å². The van der Waals surface area contributed by atoms with Crippen LogP contribution >= 0.6 is 0 Å². The van der Waals surface area contributed by atoms with E-state index in [9.17, 15) is 14.7 Å². The molecule has 1 heterocycles. The Kier molecular flexibility index (Phi) is 3.74. The maximum atomic E-state index is 12.1. The highest BCUT2D eigenvalue weighted by molar-refractivity contribution is 5.97. The Morgan fingerprint density at radius 1 is 1.37 bits per heavy atom. The molecule has 0 aliphatic carbocycles. The normalized spacial score (nSPS) is 14.2. The lowest BCUT2D eigenvalue weighted by Crippen LogP contribution is -2.45. The van der Waals surface area contributed by atoms with Gasteiger partial charge in [0, 0.05) is 18.3 Å². The molecule has 0 spiro atoms. The minimum Gasteiger partial charge on any atom is -0.478 e. The molecule has 1 aromatic carbocycles. The third-order valence-electron chi connectivity index (χ3n) is 3.14. The number of carbonyl (C=O) groups is 2. The average Bonchev–Trinajstić information content (AvgIpc) is 2.36. The summed E-state index contributed by atoms with van der Waals surface area (Å²) in [4.78, 5) is 25.0. The van der Waals surface area contributed by atoms with E-state index >= 15 is 0 Å². The first-order chi connectivity index (χ1) is 9.00. The Bertz CT molecular complexity index is 511. The topological polar surface area (TPSA) is 69.6 Å². The van der Waals surface area contributed by atoms with Crippen molar-refractivity contribution < 1.29 is 14.7 Å². The predicted octanol–water partition coefficient (Wildman–Crippen LogP) is 2.26. The van der Waals surface area contributed by atoms with Crippen molar-refractivity contribution in [3.8, 4) is 0 Å². The lowest BCUT2D eigenvalue weighted by molar-refractivity contribution is 0.0695. The van der Waals surface area contributed by atoms with Gasteiger partial charge in [-0.3, -0.25) is 4.90 Å². The molecule has 1 aliphatic heterocycles. The number of hydrogen-bond acceptors (Lipinski definition) is 2. The largest absolute Gasteiger partial charge is 0.478 e. The van der Waals surface area contributed by atoms with Crippen molar-refractivity contribution in [1.29, 1.82) is 0 Å². The van der Waals surface area contributed by atoms with E-state index in [1.807, 2.05) is 13.8 Å². The monoisotopic (exact) mass is 262 g/mol. The summed E-state index contributed by atoms with van der Waals surface area (Å²) in [6.45, 7) is 4.42. The Balaban J connectivity index is 2.37. The number of amides is 2. The first-order valence-electron chi connectivity index (χ1n) is 6.44. The lowest BCUT2D eigenvalue weighted by Gasteiger charge is -2.31. The third kappa shape index (κ3) is 2.70. The quantitative estimate of drug-likeness (QED) is 0.858. The van der Waals surface area contributed by atoms with Crippen LogP contribution in [0.2, 0.25) is 0 Å². The number of benzene rings is 1. The first kappa shape index (κ1) is 13.4. The molecule has 0 bridgehead atoms. The molecule has 2 amide bonds. The van der Waals surface area contributed by atoms with Gasteiger partial charge in [0.25, 0.3) is 0 Å². The molecule has 5 heteroatoms. The van der Waals surface area contributed by atoms with Crippen LogP contribution in [0.4, 0.5) is 10.5 Å². The van der Waals surface area contributed by atoms with Gasteiger partial charge < -0.3 is 10.4 Å². The van der Waals surface area contributed by atoms with E-state index < -0.39 is 5.97 Å². The summed E-state index contributed by atoms with van der Waals surface area (Å²) in [5.74, 6) is -0.942. The maximum Gasteiger partial charge on any atom is 0.336 e. The summed E-state index contributed by atoms with van der Waals surface area (Å²) in [5, 5.41) is 12.0. The van der Waals surface area contributed by atoms with Gasteiger partial charge in [-0.05, 0) is 44.4 Å². The van der Waals surface area contributed by atoms with Crippen LogP contribution < -0.4 is 10.2 Å². The van der Waals surface area contributed by atoms with Crippen LogP contribution in [-0.2, 0) is 6.42 Å². The number of fused-ring (bicyclic) bond motifs is 1. The molecule has 0 aromatic heterocycles. The number of hydrogen-bond donors (Lipinski definition) is 2. The maximum absolute atomic E-state index is 12.1. The Morgan fingerprint density at radius 3 is 2.74 bits per heavy atom. The summed E-state index contributed by atoms with van der Waals surface area (Å²) >= 11 is 0. The van der Waals surface area contributed by atoms with Gasteiger partial charge in [0.15, 0.2) is 0 Å². The molecular weight excluding hydrogens is 244 g/mol. The molecule has 0 saturated heterocycles. The highest BCUT2D eigenvalue weighted by atomic mass is 16.4. The van der Waals surface area contributed by atoms with Crippen molar-refractivity contribution in [1.82, 2.24) is 5.32 Å². The number of anilines is 1. The molecule has 2 N–H and O–H groups in total. The van der Waals surface area contributed by atoms with Gasteiger partial charge in [-0.2, -0.15) is 0 Å². The third-order valence-corrected chi connectivity index (χ3v) is 3.14. The summed E-state index contributed by atoms with van der Waals surface area (Å²) < 4.78 is 0. The number of carboxylic acids is 1. The number of aromatic carboxylic acids is 1. The molecular formula is C14H18N2O3. The van der Waals surface area contributed by atoms with Gasteiger partial charge >= 0.3 is 12.0 Å². The van der Waals surface area contributed by atoms with E-state index in [1.54, 1.807) is 23.1 Å². The highest BCUT2D eigenvalue weighted by Crippen LogP contribution is 2.30.